The van der Waals surface area contributed by atoms with Crippen molar-refractivity contribution in [2.45, 2.75) is 6.92 Å². The maximum Gasteiger partial charge on any atom is 0.153 e. The summed E-state index contributed by atoms with van der Waals surface area (Å²) in [6, 6.07) is 18.4. The fourth-order valence-electron chi connectivity index (χ4n) is 2.18. The fourth-order valence-corrected chi connectivity index (χ4v) is 2.18. The number of rotatable bonds is 2. The lowest BCUT2D eigenvalue weighted by Crippen LogP contribution is -1.89. The van der Waals surface area contributed by atoms with E-state index in [2.05, 4.69) is 41.4 Å². The summed E-state index contributed by atoms with van der Waals surface area (Å²) in [5.74, 6) is 0.530. The maximum absolute atomic E-state index is 6.01. The second-order valence-electron chi connectivity index (χ2n) is 4.59. The molecule has 0 aliphatic heterocycles. The van der Waals surface area contributed by atoms with Crippen molar-refractivity contribution in [1.82, 2.24) is 10.2 Å². The molecular formula is C16H15N3. The van der Waals surface area contributed by atoms with Crippen LogP contribution in [0.1, 0.15) is 5.56 Å². The highest BCUT2D eigenvalue weighted by atomic mass is 15.2. The highest BCUT2D eigenvalue weighted by molar-refractivity contribution is 5.87. The zero-order chi connectivity index (χ0) is 13.2. The van der Waals surface area contributed by atoms with Crippen LogP contribution < -0.4 is 5.73 Å². The predicted octanol–water partition coefficient (Wildman–Crippen LogP) is 3.63. The number of anilines is 1. The molecule has 0 spiro atoms. The van der Waals surface area contributed by atoms with Crippen molar-refractivity contribution in [2.75, 3.05) is 5.73 Å². The Bertz CT molecular complexity index is 682. The quantitative estimate of drug-likeness (QED) is 0.728. The van der Waals surface area contributed by atoms with Gasteiger partial charge in [-0.1, -0.05) is 60.2 Å². The molecule has 0 saturated carbocycles. The summed E-state index contributed by atoms with van der Waals surface area (Å²) in [5, 5.41) is 7.17. The monoisotopic (exact) mass is 249 g/mol. The van der Waals surface area contributed by atoms with Crippen LogP contribution in [0.5, 0.6) is 0 Å². The molecule has 3 heteroatoms. The maximum atomic E-state index is 6.01. The molecule has 3 N–H and O–H groups in total. The van der Waals surface area contributed by atoms with Crippen molar-refractivity contribution in [1.29, 1.82) is 0 Å². The van der Waals surface area contributed by atoms with Gasteiger partial charge in [0.25, 0.3) is 0 Å². The molecular weight excluding hydrogens is 234 g/mol. The van der Waals surface area contributed by atoms with Gasteiger partial charge >= 0.3 is 0 Å². The number of benzene rings is 2. The molecule has 0 fully saturated rings. The van der Waals surface area contributed by atoms with Crippen LogP contribution >= 0.6 is 0 Å². The van der Waals surface area contributed by atoms with E-state index in [1.807, 2.05) is 30.3 Å². The van der Waals surface area contributed by atoms with Crippen molar-refractivity contribution < 1.29 is 0 Å². The molecule has 0 aliphatic rings. The minimum atomic E-state index is 0.530. The summed E-state index contributed by atoms with van der Waals surface area (Å²) < 4.78 is 0. The molecule has 1 aromatic heterocycles. The van der Waals surface area contributed by atoms with Crippen LogP contribution in [0.15, 0.2) is 54.6 Å². The number of nitrogens with two attached hydrogens (primary N) is 1. The molecule has 0 saturated heterocycles. The van der Waals surface area contributed by atoms with Gasteiger partial charge in [0.15, 0.2) is 5.82 Å². The second-order valence-corrected chi connectivity index (χ2v) is 4.59. The van der Waals surface area contributed by atoms with Crippen LogP contribution in [0.4, 0.5) is 5.82 Å². The number of hydrogen-bond acceptors (Lipinski definition) is 2. The molecule has 0 atom stereocenters. The van der Waals surface area contributed by atoms with Gasteiger partial charge in [0.1, 0.15) is 0 Å². The zero-order valence-corrected chi connectivity index (χ0v) is 10.7. The SMILES string of the molecule is Cc1ccc(-c2c(N)n[nH]c2-c2ccccc2)cc1. The molecule has 3 rings (SSSR count). The first-order chi connectivity index (χ1) is 9.25. The Kier molecular flexibility index (Phi) is 2.80. The number of aromatic nitrogens is 2. The van der Waals surface area contributed by atoms with E-state index in [1.165, 1.54) is 5.56 Å². The highest BCUT2D eigenvalue weighted by Gasteiger charge is 2.14. The Morgan fingerprint density at radius 2 is 1.58 bits per heavy atom. The average molecular weight is 249 g/mol. The van der Waals surface area contributed by atoms with Crippen LogP contribution in [0, 0.1) is 6.92 Å². The summed E-state index contributed by atoms with van der Waals surface area (Å²) in [6.45, 7) is 2.07. The molecule has 2 aromatic carbocycles. The number of aromatic amines is 1. The molecule has 0 amide bonds. The minimum absolute atomic E-state index is 0.530. The normalized spacial score (nSPS) is 10.6. The van der Waals surface area contributed by atoms with E-state index in [1.54, 1.807) is 0 Å². The molecule has 0 aliphatic carbocycles. The molecule has 0 bridgehead atoms. The van der Waals surface area contributed by atoms with Gasteiger partial charge in [-0.2, -0.15) is 5.10 Å². The first-order valence-corrected chi connectivity index (χ1v) is 6.22. The lowest BCUT2D eigenvalue weighted by Gasteiger charge is -2.05. The van der Waals surface area contributed by atoms with E-state index >= 15 is 0 Å². The third-order valence-electron chi connectivity index (χ3n) is 3.20. The number of aryl methyl sites for hydroxylation is 1. The first kappa shape index (κ1) is 11.5. The summed E-state index contributed by atoms with van der Waals surface area (Å²) in [7, 11) is 0. The summed E-state index contributed by atoms with van der Waals surface area (Å²) in [4.78, 5) is 0. The first-order valence-electron chi connectivity index (χ1n) is 6.22. The lowest BCUT2D eigenvalue weighted by molar-refractivity contribution is 1.10. The Morgan fingerprint density at radius 3 is 2.26 bits per heavy atom. The fraction of sp³-hybridized carbons (Fsp3) is 0.0625. The predicted molar refractivity (Wildman–Crippen MR) is 78.6 cm³/mol. The molecule has 0 unspecified atom stereocenters. The third-order valence-corrected chi connectivity index (χ3v) is 3.20. The molecule has 94 valence electrons. The molecule has 1 heterocycles. The number of H-pyrrole nitrogens is 1. The standard InChI is InChI=1S/C16H15N3/c1-11-7-9-12(10-8-11)14-15(18-19-16(14)17)13-5-3-2-4-6-13/h2-10H,1H3,(H3,17,18,19). The second kappa shape index (κ2) is 4.61. The smallest absolute Gasteiger partial charge is 0.153 e. The number of hydrogen-bond donors (Lipinski definition) is 2. The number of nitrogens with zero attached hydrogens (tertiary/aromatic N) is 1. The highest BCUT2D eigenvalue weighted by Crippen LogP contribution is 2.34. The molecule has 19 heavy (non-hydrogen) atoms. The molecule has 3 nitrogen and oxygen atoms in total. The van der Waals surface area contributed by atoms with Gasteiger partial charge in [0.05, 0.1) is 11.3 Å². The van der Waals surface area contributed by atoms with Crippen LogP contribution in [-0.2, 0) is 0 Å². The van der Waals surface area contributed by atoms with Crippen LogP contribution in [0.25, 0.3) is 22.4 Å². The Labute approximate surface area is 112 Å². The summed E-state index contributed by atoms with van der Waals surface area (Å²) >= 11 is 0. The van der Waals surface area contributed by atoms with E-state index in [4.69, 9.17) is 5.73 Å². The van der Waals surface area contributed by atoms with Gasteiger partial charge in [-0.15, -0.1) is 0 Å². The third kappa shape index (κ3) is 2.10. The Morgan fingerprint density at radius 1 is 0.895 bits per heavy atom. The Hall–Kier alpha value is -2.55. The molecule has 0 radical (unpaired) electrons. The van der Waals surface area contributed by atoms with Crippen molar-refractivity contribution in [3.63, 3.8) is 0 Å². The van der Waals surface area contributed by atoms with Gasteiger partial charge in [-0.05, 0) is 12.5 Å². The van der Waals surface area contributed by atoms with Crippen LogP contribution in [-0.4, -0.2) is 10.2 Å². The lowest BCUT2D eigenvalue weighted by atomic mass is 10.00. The Balaban J connectivity index is 2.17. The zero-order valence-electron chi connectivity index (χ0n) is 10.7. The van der Waals surface area contributed by atoms with Gasteiger partial charge in [-0.25, -0.2) is 0 Å². The van der Waals surface area contributed by atoms with Crippen molar-refractivity contribution in [3.8, 4) is 22.4 Å². The van der Waals surface area contributed by atoms with E-state index in [9.17, 15) is 0 Å². The van der Waals surface area contributed by atoms with E-state index in [-0.39, 0.29) is 0 Å². The largest absolute Gasteiger partial charge is 0.382 e. The van der Waals surface area contributed by atoms with Crippen LogP contribution in [0.3, 0.4) is 0 Å². The van der Waals surface area contributed by atoms with Gasteiger partial charge in [-0.3, -0.25) is 5.10 Å². The van der Waals surface area contributed by atoms with Crippen molar-refractivity contribution >= 4 is 5.82 Å². The molecule has 3 aromatic rings. The number of nitrogen functional groups attached to an aromatic ring is 1. The summed E-state index contributed by atoms with van der Waals surface area (Å²) in [5.41, 5.74) is 11.3. The van der Waals surface area contributed by atoms with E-state index in [0.717, 1.165) is 22.4 Å². The van der Waals surface area contributed by atoms with E-state index in [0.29, 0.717) is 5.82 Å². The van der Waals surface area contributed by atoms with Crippen LogP contribution in [0.2, 0.25) is 0 Å². The summed E-state index contributed by atoms with van der Waals surface area (Å²) in [6.07, 6.45) is 0. The topological polar surface area (TPSA) is 54.7 Å². The van der Waals surface area contributed by atoms with E-state index < -0.39 is 0 Å². The van der Waals surface area contributed by atoms with Gasteiger partial charge in [0, 0.05) is 5.56 Å². The van der Waals surface area contributed by atoms with Crippen molar-refractivity contribution in [3.05, 3.63) is 60.2 Å². The van der Waals surface area contributed by atoms with Crippen molar-refractivity contribution in [2.24, 2.45) is 0 Å². The average Bonchev–Trinajstić information content (AvgIpc) is 2.83. The van der Waals surface area contributed by atoms with Gasteiger partial charge < -0.3 is 5.73 Å². The van der Waals surface area contributed by atoms with Gasteiger partial charge in [0.2, 0.25) is 0 Å². The minimum Gasteiger partial charge on any atom is -0.382 e. The number of nitrogens with one attached hydrogen (secondary N) is 1.